The van der Waals surface area contributed by atoms with Crippen molar-refractivity contribution in [3.8, 4) is 5.88 Å². The molecule has 0 atom stereocenters. The molecule has 0 saturated carbocycles. The van der Waals surface area contributed by atoms with Gasteiger partial charge in [0.25, 0.3) is 5.88 Å². The fourth-order valence-electron chi connectivity index (χ4n) is 1.79. The minimum Gasteiger partial charge on any atom is -0.488 e. The zero-order valence-electron chi connectivity index (χ0n) is 11.7. The SMILES string of the molecule is CC(/C=C/c1nc(O)c([N+](=O)[O-])c(=O)[nH]1)=C\c1ccccc1. The van der Waals surface area contributed by atoms with Crippen LogP contribution in [0.4, 0.5) is 5.69 Å². The van der Waals surface area contributed by atoms with E-state index in [1.165, 1.54) is 6.08 Å². The first-order chi connectivity index (χ1) is 10.5. The van der Waals surface area contributed by atoms with Crippen molar-refractivity contribution in [2.24, 2.45) is 0 Å². The van der Waals surface area contributed by atoms with Crippen LogP contribution in [0.3, 0.4) is 0 Å². The second kappa shape index (κ2) is 6.49. The molecule has 0 aliphatic carbocycles. The number of H-pyrrole nitrogens is 1. The lowest BCUT2D eigenvalue weighted by atomic mass is 10.1. The average Bonchev–Trinajstić information content (AvgIpc) is 2.45. The van der Waals surface area contributed by atoms with E-state index in [1.54, 1.807) is 6.08 Å². The maximum absolute atomic E-state index is 11.5. The molecule has 0 aliphatic heterocycles. The van der Waals surface area contributed by atoms with Crippen molar-refractivity contribution in [2.45, 2.75) is 6.92 Å². The third-order valence-corrected chi connectivity index (χ3v) is 2.78. The molecule has 0 unspecified atom stereocenters. The minimum atomic E-state index is -0.998. The summed E-state index contributed by atoms with van der Waals surface area (Å²) in [6.07, 6.45) is 5.05. The minimum absolute atomic E-state index is 0.0360. The predicted molar refractivity (Wildman–Crippen MR) is 82.3 cm³/mol. The van der Waals surface area contributed by atoms with Gasteiger partial charge in [0, 0.05) is 0 Å². The van der Waals surface area contributed by atoms with Gasteiger partial charge in [-0.3, -0.25) is 14.9 Å². The van der Waals surface area contributed by atoms with Crippen LogP contribution >= 0.6 is 0 Å². The maximum Gasteiger partial charge on any atom is 0.395 e. The lowest BCUT2D eigenvalue weighted by Crippen LogP contribution is -2.14. The second-order valence-electron chi connectivity index (χ2n) is 4.51. The Labute approximate surface area is 125 Å². The van der Waals surface area contributed by atoms with Gasteiger partial charge in [0.1, 0.15) is 5.82 Å². The molecule has 22 heavy (non-hydrogen) atoms. The number of hydrogen-bond acceptors (Lipinski definition) is 5. The molecular weight excluding hydrogens is 286 g/mol. The Balaban J connectivity index is 2.26. The highest BCUT2D eigenvalue weighted by Gasteiger charge is 2.21. The third kappa shape index (κ3) is 3.66. The van der Waals surface area contributed by atoms with Crippen molar-refractivity contribution in [2.75, 3.05) is 0 Å². The summed E-state index contributed by atoms with van der Waals surface area (Å²) >= 11 is 0. The van der Waals surface area contributed by atoms with Crippen molar-refractivity contribution in [3.63, 3.8) is 0 Å². The number of nitrogens with zero attached hydrogens (tertiary/aromatic N) is 2. The average molecular weight is 299 g/mol. The quantitative estimate of drug-likeness (QED) is 0.512. The summed E-state index contributed by atoms with van der Waals surface area (Å²) in [7, 11) is 0. The zero-order chi connectivity index (χ0) is 16.1. The molecular formula is C15H13N3O4. The van der Waals surface area contributed by atoms with E-state index in [0.717, 1.165) is 11.1 Å². The Morgan fingerprint density at radius 3 is 2.64 bits per heavy atom. The van der Waals surface area contributed by atoms with Crippen LogP contribution in [0.2, 0.25) is 0 Å². The number of benzene rings is 1. The van der Waals surface area contributed by atoms with Crippen LogP contribution in [0.1, 0.15) is 18.3 Å². The van der Waals surface area contributed by atoms with Crippen LogP contribution < -0.4 is 5.56 Å². The van der Waals surface area contributed by atoms with E-state index in [1.807, 2.05) is 43.3 Å². The summed E-state index contributed by atoms with van der Waals surface area (Å²) < 4.78 is 0. The van der Waals surface area contributed by atoms with E-state index in [9.17, 15) is 20.0 Å². The zero-order valence-corrected chi connectivity index (χ0v) is 11.7. The topological polar surface area (TPSA) is 109 Å². The molecule has 7 nitrogen and oxygen atoms in total. The summed E-state index contributed by atoms with van der Waals surface area (Å²) in [6.45, 7) is 1.85. The van der Waals surface area contributed by atoms with E-state index in [-0.39, 0.29) is 5.82 Å². The van der Waals surface area contributed by atoms with Gasteiger partial charge in [0.15, 0.2) is 0 Å². The molecule has 0 radical (unpaired) electrons. The van der Waals surface area contributed by atoms with E-state index < -0.39 is 22.0 Å². The highest BCUT2D eigenvalue weighted by atomic mass is 16.6. The van der Waals surface area contributed by atoms with Gasteiger partial charge in [0.05, 0.1) is 4.92 Å². The van der Waals surface area contributed by atoms with Crippen LogP contribution in [-0.4, -0.2) is 20.0 Å². The summed E-state index contributed by atoms with van der Waals surface area (Å²) in [6, 6.07) is 9.62. The fraction of sp³-hybridized carbons (Fsp3) is 0.0667. The van der Waals surface area contributed by atoms with E-state index in [4.69, 9.17) is 0 Å². The summed E-state index contributed by atoms with van der Waals surface area (Å²) in [5.74, 6) is -0.869. The van der Waals surface area contributed by atoms with E-state index in [0.29, 0.717) is 0 Å². The van der Waals surface area contributed by atoms with E-state index >= 15 is 0 Å². The molecule has 0 bridgehead atoms. The number of rotatable bonds is 4. The Bertz CT molecular complexity index is 807. The number of nitrogens with one attached hydrogen (secondary N) is 1. The number of aromatic amines is 1. The molecule has 0 amide bonds. The largest absolute Gasteiger partial charge is 0.488 e. The molecule has 2 N–H and O–H groups in total. The number of aromatic hydroxyl groups is 1. The molecule has 7 heteroatoms. The lowest BCUT2D eigenvalue weighted by molar-refractivity contribution is -0.387. The highest BCUT2D eigenvalue weighted by Crippen LogP contribution is 2.17. The molecule has 0 saturated heterocycles. The molecule has 0 spiro atoms. The van der Waals surface area contributed by atoms with Crippen molar-refractivity contribution in [1.29, 1.82) is 0 Å². The molecule has 1 aromatic carbocycles. The molecule has 112 valence electrons. The fourth-order valence-corrected chi connectivity index (χ4v) is 1.79. The van der Waals surface area contributed by atoms with Gasteiger partial charge in [-0.1, -0.05) is 48.1 Å². The van der Waals surface area contributed by atoms with Crippen molar-refractivity contribution in [3.05, 3.63) is 73.8 Å². The normalized spacial score (nSPS) is 11.8. The van der Waals surface area contributed by atoms with Crippen LogP contribution in [0, 0.1) is 10.1 Å². The van der Waals surface area contributed by atoms with Gasteiger partial charge >= 0.3 is 11.2 Å². The number of hydrogen-bond donors (Lipinski definition) is 2. The predicted octanol–water partition coefficient (Wildman–Crippen LogP) is 2.50. The van der Waals surface area contributed by atoms with Gasteiger partial charge in [-0.15, -0.1) is 0 Å². The van der Waals surface area contributed by atoms with Crippen molar-refractivity contribution >= 4 is 17.8 Å². The number of allylic oxidation sites excluding steroid dienone is 2. The first-order valence-electron chi connectivity index (χ1n) is 6.36. The van der Waals surface area contributed by atoms with Gasteiger partial charge in [-0.25, -0.2) is 0 Å². The van der Waals surface area contributed by atoms with Crippen LogP contribution in [0.25, 0.3) is 12.2 Å². The molecule has 1 heterocycles. The molecule has 2 aromatic rings. The van der Waals surface area contributed by atoms with Crippen LogP contribution in [0.15, 0.2) is 46.8 Å². The monoisotopic (exact) mass is 299 g/mol. The number of aromatic nitrogens is 2. The van der Waals surface area contributed by atoms with Crippen molar-refractivity contribution in [1.82, 2.24) is 9.97 Å². The van der Waals surface area contributed by atoms with Crippen molar-refractivity contribution < 1.29 is 10.0 Å². The molecule has 2 rings (SSSR count). The maximum atomic E-state index is 11.5. The Morgan fingerprint density at radius 1 is 1.36 bits per heavy atom. The molecule has 0 aliphatic rings. The van der Waals surface area contributed by atoms with Crippen LogP contribution in [-0.2, 0) is 0 Å². The first kappa shape index (κ1) is 15.2. The lowest BCUT2D eigenvalue weighted by Gasteiger charge is -1.97. The van der Waals surface area contributed by atoms with Gasteiger partial charge in [0.2, 0.25) is 0 Å². The van der Waals surface area contributed by atoms with E-state index in [2.05, 4.69) is 9.97 Å². The third-order valence-electron chi connectivity index (χ3n) is 2.78. The smallest absolute Gasteiger partial charge is 0.395 e. The Hall–Kier alpha value is -3.22. The molecule has 1 aromatic heterocycles. The summed E-state index contributed by atoms with van der Waals surface area (Å²) in [5, 5.41) is 20.0. The summed E-state index contributed by atoms with van der Waals surface area (Å²) in [5.41, 5.74) is -0.0696. The first-order valence-corrected chi connectivity index (χ1v) is 6.36. The highest BCUT2D eigenvalue weighted by molar-refractivity contribution is 5.59. The van der Waals surface area contributed by atoms with Gasteiger partial charge < -0.3 is 10.1 Å². The summed E-state index contributed by atoms with van der Waals surface area (Å²) in [4.78, 5) is 26.9. The van der Waals surface area contributed by atoms with Crippen LogP contribution in [0.5, 0.6) is 5.88 Å². The Morgan fingerprint density at radius 2 is 2.05 bits per heavy atom. The van der Waals surface area contributed by atoms with Gasteiger partial charge in [-0.05, 0) is 18.6 Å². The second-order valence-corrected chi connectivity index (χ2v) is 4.51. The molecule has 0 fully saturated rings. The Kier molecular flexibility index (Phi) is 4.47. The standard InChI is InChI=1S/C15H13N3O4/c1-10(9-11-5-3-2-4-6-11)7-8-12-16-14(19)13(18(21)22)15(20)17-12/h2-9H,1H3,(H2,16,17,19,20)/b8-7+,10-9+. The van der Waals surface area contributed by atoms with Gasteiger partial charge in [-0.2, -0.15) is 4.98 Å². The number of nitro groups is 1.